The van der Waals surface area contributed by atoms with Crippen LogP contribution in [0.15, 0.2) is 24.3 Å². The van der Waals surface area contributed by atoms with Crippen LogP contribution in [-0.2, 0) is 0 Å². The van der Waals surface area contributed by atoms with Gasteiger partial charge in [0.2, 0.25) is 0 Å². The van der Waals surface area contributed by atoms with E-state index in [1.165, 1.54) is 0 Å². The summed E-state index contributed by atoms with van der Waals surface area (Å²) in [5, 5.41) is 8.77. The van der Waals surface area contributed by atoms with Gasteiger partial charge in [-0.2, -0.15) is 0 Å². The molecule has 0 aliphatic heterocycles. The largest absolute Gasteiger partial charge is 0.493 e. The zero-order valence-electron chi connectivity index (χ0n) is 10.6. The quantitative estimate of drug-likeness (QED) is 0.544. The lowest BCUT2D eigenvalue weighted by atomic mass is 10.2. The van der Waals surface area contributed by atoms with E-state index in [4.69, 9.17) is 27.8 Å². The van der Waals surface area contributed by atoms with Gasteiger partial charge in [0.1, 0.15) is 10.7 Å². The molecule has 0 aliphatic rings. The summed E-state index contributed by atoms with van der Waals surface area (Å²) >= 11 is 4.97. The first-order valence-corrected chi connectivity index (χ1v) is 6.37. The molecule has 0 bridgehead atoms. The highest BCUT2D eigenvalue weighted by Crippen LogP contribution is 2.17. The minimum Gasteiger partial charge on any atom is -0.493 e. The normalized spacial score (nSPS) is 10.6. The molecule has 0 radical (unpaired) electrons. The fraction of sp³-hybridized carbons (Fsp3) is 0.462. The number of rotatable bonds is 8. The predicted molar refractivity (Wildman–Crippen MR) is 77.0 cm³/mol. The minimum atomic E-state index is 0.182. The van der Waals surface area contributed by atoms with E-state index in [0.29, 0.717) is 18.1 Å². The molecule has 5 heteroatoms. The number of nitrogens with two attached hydrogens (primary N) is 1. The van der Waals surface area contributed by atoms with Crippen molar-refractivity contribution >= 4 is 17.2 Å². The van der Waals surface area contributed by atoms with Gasteiger partial charge >= 0.3 is 0 Å². The average molecular weight is 268 g/mol. The van der Waals surface area contributed by atoms with E-state index in [-0.39, 0.29) is 6.61 Å². The third-order valence-electron chi connectivity index (χ3n) is 2.58. The molecule has 0 unspecified atom stereocenters. The number of likely N-dealkylation sites (N-methyl/N-ethyl adjacent to an activating group) is 1. The summed E-state index contributed by atoms with van der Waals surface area (Å²) in [4.78, 5) is 2.41. The Bertz CT molecular complexity index is 385. The molecule has 18 heavy (non-hydrogen) atoms. The van der Waals surface area contributed by atoms with Crippen molar-refractivity contribution in [1.82, 2.24) is 4.90 Å². The third kappa shape index (κ3) is 5.00. The molecule has 100 valence electrons. The molecular formula is C13H20N2O2S. The predicted octanol–water partition coefficient (Wildman–Crippen LogP) is 1.01. The third-order valence-corrected chi connectivity index (χ3v) is 2.80. The molecule has 0 atom stereocenters. The summed E-state index contributed by atoms with van der Waals surface area (Å²) in [6.07, 6.45) is 0.891. The van der Waals surface area contributed by atoms with Gasteiger partial charge in [-0.25, -0.2) is 0 Å². The van der Waals surface area contributed by atoms with E-state index in [1.54, 1.807) is 0 Å². The van der Waals surface area contributed by atoms with Gasteiger partial charge in [-0.15, -0.1) is 0 Å². The molecule has 0 amide bonds. The van der Waals surface area contributed by atoms with E-state index >= 15 is 0 Å². The first-order chi connectivity index (χ1) is 8.65. The Labute approximate surface area is 113 Å². The van der Waals surface area contributed by atoms with Gasteiger partial charge < -0.3 is 20.5 Å². The molecule has 3 N–H and O–H groups in total. The van der Waals surface area contributed by atoms with E-state index in [9.17, 15) is 0 Å². The number of aliphatic hydroxyl groups is 1. The van der Waals surface area contributed by atoms with Gasteiger partial charge in [-0.1, -0.05) is 24.4 Å². The zero-order valence-corrected chi connectivity index (χ0v) is 11.4. The standard InChI is InChI=1S/C13H20N2O2S/c1-15(8-9-16)7-4-10-17-12-6-3-2-5-11(12)13(14)18/h2-3,5-6,16H,4,7-10H2,1H3,(H2,14,18). The summed E-state index contributed by atoms with van der Waals surface area (Å²) in [5.74, 6) is 0.731. The second-order valence-electron chi connectivity index (χ2n) is 4.09. The van der Waals surface area contributed by atoms with Crippen LogP contribution in [0.4, 0.5) is 0 Å². The van der Waals surface area contributed by atoms with E-state index in [1.807, 2.05) is 31.3 Å². The number of hydrogen-bond donors (Lipinski definition) is 2. The van der Waals surface area contributed by atoms with Crippen LogP contribution in [0.1, 0.15) is 12.0 Å². The molecule has 0 spiro atoms. The van der Waals surface area contributed by atoms with Crippen LogP contribution in [0.2, 0.25) is 0 Å². The van der Waals surface area contributed by atoms with E-state index in [0.717, 1.165) is 24.3 Å². The molecule has 0 saturated carbocycles. The maximum Gasteiger partial charge on any atom is 0.129 e. The number of thiocarbonyl (C=S) groups is 1. The van der Waals surface area contributed by atoms with Crippen LogP contribution < -0.4 is 10.5 Å². The topological polar surface area (TPSA) is 58.7 Å². The summed E-state index contributed by atoms with van der Waals surface area (Å²) in [7, 11) is 1.97. The van der Waals surface area contributed by atoms with Gasteiger partial charge in [-0.3, -0.25) is 0 Å². The van der Waals surface area contributed by atoms with Crippen molar-refractivity contribution in [3.05, 3.63) is 29.8 Å². The molecule has 0 aliphatic carbocycles. The monoisotopic (exact) mass is 268 g/mol. The number of benzene rings is 1. The molecule has 0 saturated heterocycles. The Hall–Kier alpha value is -1.17. The summed E-state index contributed by atoms with van der Waals surface area (Å²) < 4.78 is 5.67. The fourth-order valence-electron chi connectivity index (χ4n) is 1.60. The highest BCUT2D eigenvalue weighted by Gasteiger charge is 2.05. The van der Waals surface area contributed by atoms with Gasteiger partial charge in [0.05, 0.1) is 18.8 Å². The van der Waals surface area contributed by atoms with Crippen LogP contribution in [0.3, 0.4) is 0 Å². The van der Waals surface area contributed by atoms with Crippen molar-refractivity contribution < 1.29 is 9.84 Å². The molecule has 0 fully saturated rings. The lowest BCUT2D eigenvalue weighted by Gasteiger charge is -2.15. The number of para-hydroxylation sites is 1. The van der Waals surface area contributed by atoms with Crippen LogP contribution >= 0.6 is 12.2 Å². The fourth-order valence-corrected chi connectivity index (χ4v) is 1.76. The molecule has 1 aromatic carbocycles. The average Bonchev–Trinajstić information content (AvgIpc) is 2.35. The van der Waals surface area contributed by atoms with Gasteiger partial charge in [0, 0.05) is 13.1 Å². The van der Waals surface area contributed by atoms with E-state index < -0.39 is 0 Å². The molecule has 1 aromatic rings. The lowest BCUT2D eigenvalue weighted by Crippen LogP contribution is -2.24. The number of aliphatic hydroxyl groups excluding tert-OH is 1. The highest BCUT2D eigenvalue weighted by atomic mass is 32.1. The second-order valence-corrected chi connectivity index (χ2v) is 4.53. The summed E-state index contributed by atoms with van der Waals surface area (Å²) in [6, 6.07) is 7.51. The minimum absolute atomic E-state index is 0.182. The van der Waals surface area contributed by atoms with Crippen LogP contribution in [-0.4, -0.2) is 48.3 Å². The van der Waals surface area contributed by atoms with Crippen molar-refractivity contribution in [2.45, 2.75) is 6.42 Å². The van der Waals surface area contributed by atoms with Crippen molar-refractivity contribution in [1.29, 1.82) is 0 Å². The van der Waals surface area contributed by atoms with E-state index in [2.05, 4.69) is 4.90 Å². The molecule has 4 nitrogen and oxygen atoms in total. The first-order valence-electron chi connectivity index (χ1n) is 5.96. The molecule has 0 aromatic heterocycles. The van der Waals surface area contributed by atoms with Crippen molar-refractivity contribution in [2.75, 3.05) is 33.4 Å². The summed E-state index contributed by atoms with van der Waals surface area (Å²) in [6.45, 7) is 2.36. The van der Waals surface area contributed by atoms with Crippen molar-refractivity contribution in [2.24, 2.45) is 5.73 Å². The SMILES string of the molecule is CN(CCO)CCCOc1ccccc1C(N)=S. The first kappa shape index (κ1) is 14.9. The Morgan fingerprint density at radius 2 is 2.11 bits per heavy atom. The Morgan fingerprint density at radius 3 is 2.78 bits per heavy atom. The Balaban J connectivity index is 2.37. The van der Waals surface area contributed by atoms with Crippen molar-refractivity contribution in [3.8, 4) is 5.75 Å². The Morgan fingerprint density at radius 1 is 1.39 bits per heavy atom. The van der Waals surface area contributed by atoms with Crippen molar-refractivity contribution in [3.63, 3.8) is 0 Å². The summed E-state index contributed by atoms with van der Waals surface area (Å²) in [5.41, 5.74) is 6.40. The zero-order chi connectivity index (χ0) is 13.4. The lowest BCUT2D eigenvalue weighted by molar-refractivity contribution is 0.207. The Kier molecular flexibility index (Phi) is 6.64. The molecule has 0 heterocycles. The van der Waals surface area contributed by atoms with Gasteiger partial charge in [-0.05, 0) is 25.6 Å². The number of hydrogen-bond acceptors (Lipinski definition) is 4. The molecular weight excluding hydrogens is 248 g/mol. The number of ether oxygens (including phenoxy) is 1. The van der Waals surface area contributed by atoms with Gasteiger partial charge in [0.25, 0.3) is 0 Å². The maximum atomic E-state index is 8.77. The smallest absolute Gasteiger partial charge is 0.129 e. The molecule has 1 rings (SSSR count). The van der Waals surface area contributed by atoms with Crippen LogP contribution in [0, 0.1) is 0 Å². The highest BCUT2D eigenvalue weighted by molar-refractivity contribution is 7.80. The maximum absolute atomic E-state index is 8.77. The van der Waals surface area contributed by atoms with Crippen LogP contribution in [0.25, 0.3) is 0 Å². The number of nitrogens with zero attached hydrogens (tertiary/aromatic N) is 1. The van der Waals surface area contributed by atoms with Crippen LogP contribution in [0.5, 0.6) is 5.75 Å². The second kappa shape index (κ2) is 8.02. The van der Waals surface area contributed by atoms with Gasteiger partial charge in [0.15, 0.2) is 0 Å².